The van der Waals surface area contributed by atoms with Gasteiger partial charge in [-0.1, -0.05) is 40.9 Å². The predicted octanol–water partition coefficient (Wildman–Crippen LogP) is 4.33. The molecule has 1 N–H and O–H groups in total. The molecular formula is C12H10Cl3N3O. The molecule has 1 aromatic carbocycles. The molecule has 0 amide bonds. The summed E-state index contributed by atoms with van der Waals surface area (Å²) in [6.45, 7) is 0.276. The molecule has 1 aromatic heterocycles. The smallest absolute Gasteiger partial charge is 0.158 e. The maximum Gasteiger partial charge on any atom is 0.158 e. The van der Waals surface area contributed by atoms with Gasteiger partial charge in [0, 0.05) is 13.2 Å². The molecule has 0 atom stereocenters. The van der Waals surface area contributed by atoms with E-state index in [0.717, 1.165) is 0 Å². The Morgan fingerprint density at radius 1 is 1.21 bits per heavy atom. The molecule has 7 heteroatoms. The van der Waals surface area contributed by atoms with Crippen LogP contribution in [0, 0.1) is 0 Å². The van der Waals surface area contributed by atoms with E-state index < -0.39 is 0 Å². The number of hydrogen-bond acceptors (Lipinski definition) is 4. The van der Waals surface area contributed by atoms with Gasteiger partial charge in [-0.25, -0.2) is 9.97 Å². The normalized spacial score (nSPS) is 10.5. The second kappa shape index (κ2) is 6.39. The summed E-state index contributed by atoms with van der Waals surface area (Å²) in [4.78, 5) is 8.29. The first-order chi connectivity index (χ1) is 9.10. The SMILES string of the molecule is COCc1nc(Cl)cc(Nc2cccc(Cl)c2Cl)n1. The fourth-order valence-electron chi connectivity index (χ4n) is 1.46. The zero-order valence-corrected chi connectivity index (χ0v) is 12.2. The Bertz CT molecular complexity index is 592. The summed E-state index contributed by atoms with van der Waals surface area (Å²) in [6, 6.07) is 6.88. The molecule has 2 aromatic rings. The van der Waals surface area contributed by atoms with Crippen LogP contribution in [0.2, 0.25) is 15.2 Å². The summed E-state index contributed by atoms with van der Waals surface area (Å²) < 4.78 is 4.97. The summed E-state index contributed by atoms with van der Waals surface area (Å²) in [7, 11) is 1.56. The van der Waals surface area contributed by atoms with Crippen molar-refractivity contribution in [3.8, 4) is 0 Å². The number of halogens is 3. The number of nitrogens with zero attached hydrogens (tertiary/aromatic N) is 2. The average molecular weight is 319 g/mol. The summed E-state index contributed by atoms with van der Waals surface area (Å²) in [5.74, 6) is 1.01. The van der Waals surface area contributed by atoms with Gasteiger partial charge < -0.3 is 10.1 Å². The van der Waals surface area contributed by atoms with Crippen LogP contribution in [0.1, 0.15) is 5.82 Å². The number of ether oxygens (including phenoxy) is 1. The summed E-state index contributed by atoms with van der Waals surface area (Å²) in [5, 5.41) is 4.25. The van der Waals surface area contributed by atoms with Crippen LogP contribution in [0.4, 0.5) is 11.5 Å². The predicted molar refractivity (Wildman–Crippen MR) is 77.5 cm³/mol. The van der Waals surface area contributed by atoms with Crippen LogP contribution in [-0.2, 0) is 11.3 Å². The number of hydrogen-bond donors (Lipinski definition) is 1. The lowest BCUT2D eigenvalue weighted by Crippen LogP contribution is -2.02. The van der Waals surface area contributed by atoms with Crippen molar-refractivity contribution in [2.45, 2.75) is 6.61 Å². The van der Waals surface area contributed by atoms with Gasteiger partial charge in [0.25, 0.3) is 0 Å². The molecule has 0 bridgehead atoms. The first-order valence-corrected chi connectivity index (χ1v) is 6.47. The molecule has 19 heavy (non-hydrogen) atoms. The fraction of sp³-hybridized carbons (Fsp3) is 0.167. The lowest BCUT2D eigenvalue weighted by molar-refractivity contribution is 0.178. The number of anilines is 2. The molecule has 1 heterocycles. The van der Waals surface area contributed by atoms with Crippen LogP contribution in [0.3, 0.4) is 0 Å². The Morgan fingerprint density at radius 2 is 2.00 bits per heavy atom. The van der Waals surface area contributed by atoms with Crippen molar-refractivity contribution in [3.63, 3.8) is 0 Å². The summed E-state index contributed by atoms with van der Waals surface area (Å²) >= 11 is 17.9. The first-order valence-electron chi connectivity index (χ1n) is 5.33. The van der Waals surface area contributed by atoms with Crippen LogP contribution in [0.5, 0.6) is 0 Å². The van der Waals surface area contributed by atoms with E-state index in [9.17, 15) is 0 Å². The van der Waals surface area contributed by atoms with Gasteiger partial charge in [0.15, 0.2) is 5.82 Å². The molecule has 0 aliphatic rings. The van der Waals surface area contributed by atoms with Crippen LogP contribution >= 0.6 is 34.8 Å². The van der Waals surface area contributed by atoms with Crippen molar-refractivity contribution in [2.75, 3.05) is 12.4 Å². The number of rotatable bonds is 4. The van der Waals surface area contributed by atoms with Gasteiger partial charge in [0.1, 0.15) is 17.6 Å². The van der Waals surface area contributed by atoms with E-state index >= 15 is 0 Å². The number of aromatic nitrogens is 2. The van der Waals surface area contributed by atoms with Gasteiger partial charge in [0.05, 0.1) is 15.7 Å². The molecule has 4 nitrogen and oxygen atoms in total. The average Bonchev–Trinajstić information content (AvgIpc) is 2.35. The highest BCUT2D eigenvalue weighted by Crippen LogP contribution is 2.31. The third-order valence-electron chi connectivity index (χ3n) is 2.23. The highest BCUT2D eigenvalue weighted by molar-refractivity contribution is 6.43. The van der Waals surface area contributed by atoms with E-state index in [1.165, 1.54) is 0 Å². The molecule has 0 fully saturated rings. The number of methoxy groups -OCH3 is 1. The molecule has 0 radical (unpaired) electrons. The van der Waals surface area contributed by atoms with Crippen molar-refractivity contribution in [1.82, 2.24) is 9.97 Å². The number of benzene rings is 1. The van der Waals surface area contributed by atoms with Crippen LogP contribution in [-0.4, -0.2) is 17.1 Å². The van der Waals surface area contributed by atoms with E-state index in [1.807, 2.05) is 0 Å². The minimum atomic E-state index is 0.276. The Hall–Kier alpha value is -1.07. The molecule has 0 aliphatic heterocycles. The van der Waals surface area contributed by atoms with Crippen LogP contribution in [0.25, 0.3) is 0 Å². The molecule has 0 unspecified atom stereocenters. The van der Waals surface area contributed by atoms with E-state index in [4.69, 9.17) is 39.5 Å². The molecule has 0 aliphatic carbocycles. The maximum atomic E-state index is 6.09. The quantitative estimate of drug-likeness (QED) is 0.853. The van der Waals surface area contributed by atoms with E-state index in [0.29, 0.717) is 32.5 Å². The first kappa shape index (κ1) is 14.3. The zero-order valence-electron chi connectivity index (χ0n) is 9.95. The Morgan fingerprint density at radius 3 is 2.74 bits per heavy atom. The van der Waals surface area contributed by atoms with E-state index in [2.05, 4.69) is 15.3 Å². The Labute approximate surface area is 125 Å². The second-order valence-electron chi connectivity index (χ2n) is 3.65. The highest BCUT2D eigenvalue weighted by atomic mass is 35.5. The van der Waals surface area contributed by atoms with Gasteiger partial charge in [-0.05, 0) is 12.1 Å². The third-order valence-corrected chi connectivity index (χ3v) is 3.24. The van der Waals surface area contributed by atoms with Crippen molar-refractivity contribution < 1.29 is 4.74 Å². The zero-order chi connectivity index (χ0) is 13.8. The summed E-state index contributed by atoms with van der Waals surface area (Å²) in [5.41, 5.74) is 0.646. The Kier molecular flexibility index (Phi) is 4.82. The number of nitrogens with one attached hydrogen (secondary N) is 1. The minimum Gasteiger partial charge on any atom is -0.377 e. The van der Waals surface area contributed by atoms with Crippen molar-refractivity contribution >= 4 is 46.3 Å². The molecule has 100 valence electrons. The standard InChI is InChI=1S/C12H10Cl3N3O/c1-19-6-11-17-9(14)5-10(18-11)16-8-4-2-3-7(13)12(8)15/h2-5H,6H2,1H3,(H,16,17,18). The second-order valence-corrected chi connectivity index (χ2v) is 4.82. The largest absolute Gasteiger partial charge is 0.377 e. The van der Waals surface area contributed by atoms with Gasteiger partial charge in [-0.2, -0.15) is 0 Å². The van der Waals surface area contributed by atoms with Crippen molar-refractivity contribution in [3.05, 3.63) is 45.3 Å². The monoisotopic (exact) mass is 317 g/mol. The maximum absolute atomic E-state index is 6.09. The molecule has 0 saturated heterocycles. The molecule has 0 saturated carbocycles. The van der Waals surface area contributed by atoms with Crippen LogP contribution in [0.15, 0.2) is 24.3 Å². The van der Waals surface area contributed by atoms with E-state index in [1.54, 1.807) is 31.4 Å². The van der Waals surface area contributed by atoms with Crippen LogP contribution < -0.4 is 5.32 Å². The highest BCUT2D eigenvalue weighted by Gasteiger charge is 2.07. The lowest BCUT2D eigenvalue weighted by atomic mass is 10.3. The summed E-state index contributed by atoms with van der Waals surface area (Å²) in [6.07, 6.45) is 0. The topological polar surface area (TPSA) is 47.0 Å². The van der Waals surface area contributed by atoms with Gasteiger partial charge >= 0.3 is 0 Å². The van der Waals surface area contributed by atoms with Gasteiger partial charge in [-0.15, -0.1) is 0 Å². The fourth-order valence-corrected chi connectivity index (χ4v) is 2.01. The van der Waals surface area contributed by atoms with Gasteiger partial charge in [0.2, 0.25) is 0 Å². The molecule has 0 spiro atoms. The van der Waals surface area contributed by atoms with Gasteiger partial charge in [-0.3, -0.25) is 0 Å². The minimum absolute atomic E-state index is 0.276. The lowest BCUT2D eigenvalue weighted by Gasteiger charge is -2.09. The molecule has 2 rings (SSSR count). The third kappa shape index (κ3) is 3.70. The van der Waals surface area contributed by atoms with Crippen molar-refractivity contribution in [2.24, 2.45) is 0 Å². The molecular weight excluding hydrogens is 309 g/mol. The van der Waals surface area contributed by atoms with E-state index in [-0.39, 0.29) is 6.61 Å². The van der Waals surface area contributed by atoms with Crippen molar-refractivity contribution in [1.29, 1.82) is 0 Å². The Balaban J connectivity index is 2.30.